The predicted molar refractivity (Wildman–Crippen MR) is 152 cm³/mol. The lowest BCUT2D eigenvalue weighted by molar-refractivity contribution is 0.0751. The molecular formula is C31H36N2O6S. The van der Waals surface area contributed by atoms with Crippen LogP contribution in [0.25, 0.3) is 0 Å². The summed E-state index contributed by atoms with van der Waals surface area (Å²) in [5.41, 5.74) is 4.43. The molecule has 8 nitrogen and oxygen atoms in total. The minimum atomic E-state index is -3.58. The number of benzene rings is 3. The second-order valence-corrected chi connectivity index (χ2v) is 12.9. The van der Waals surface area contributed by atoms with Gasteiger partial charge < -0.3 is 25.2 Å². The molecule has 0 aromatic heterocycles. The Morgan fingerprint density at radius 3 is 2.27 bits per heavy atom. The number of fused-ring (bicyclic) bond motifs is 1. The second-order valence-electron chi connectivity index (χ2n) is 10.9. The highest BCUT2D eigenvalue weighted by molar-refractivity contribution is 7.90. The van der Waals surface area contributed by atoms with Crippen molar-refractivity contribution in [2.24, 2.45) is 0 Å². The zero-order valence-electron chi connectivity index (χ0n) is 22.6. The molecule has 1 atom stereocenters. The van der Waals surface area contributed by atoms with E-state index in [4.69, 9.17) is 4.74 Å². The highest BCUT2D eigenvalue weighted by Gasteiger charge is 2.26. The number of hydrogen-bond acceptors (Lipinski definition) is 7. The van der Waals surface area contributed by atoms with Gasteiger partial charge in [-0.1, -0.05) is 36.4 Å². The van der Waals surface area contributed by atoms with Gasteiger partial charge in [0.25, 0.3) is 5.91 Å². The van der Waals surface area contributed by atoms with Gasteiger partial charge in [0.15, 0.2) is 9.84 Å². The van der Waals surface area contributed by atoms with Gasteiger partial charge in [-0.2, -0.15) is 0 Å². The third-order valence-electron chi connectivity index (χ3n) is 7.90. The summed E-state index contributed by atoms with van der Waals surface area (Å²) < 4.78 is 29.1. The highest BCUT2D eigenvalue weighted by atomic mass is 32.2. The van der Waals surface area contributed by atoms with E-state index in [1.165, 1.54) is 34.9 Å². The van der Waals surface area contributed by atoms with Gasteiger partial charge in [-0.3, -0.25) is 4.79 Å². The predicted octanol–water partition coefficient (Wildman–Crippen LogP) is 4.01. The van der Waals surface area contributed by atoms with Crippen molar-refractivity contribution in [1.29, 1.82) is 0 Å². The van der Waals surface area contributed by atoms with E-state index in [2.05, 4.69) is 29.6 Å². The summed E-state index contributed by atoms with van der Waals surface area (Å²) in [5, 5.41) is 23.6. The van der Waals surface area contributed by atoms with Crippen LogP contribution in [-0.4, -0.2) is 61.0 Å². The maximum atomic E-state index is 13.0. The molecule has 1 fully saturated rings. The molecule has 40 heavy (non-hydrogen) atoms. The molecule has 3 aromatic rings. The Morgan fingerprint density at radius 1 is 1.00 bits per heavy atom. The minimum absolute atomic E-state index is 0.00487. The summed E-state index contributed by atoms with van der Waals surface area (Å²) >= 11 is 0. The summed E-state index contributed by atoms with van der Waals surface area (Å²) in [7, 11) is -3.58. The van der Waals surface area contributed by atoms with Crippen molar-refractivity contribution < 1.29 is 28.2 Å². The zero-order chi connectivity index (χ0) is 28.3. The molecule has 1 aliphatic heterocycles. The van der Waals surface area contributed by atoms with Crippen LogP contribution in [0.4, 0.5) is 0 Å². The number of aromatic hydroxyl groups is 1. The number of aliphatic hydroxyl groups is 1. The first-order chi connectivity index (χ1) is 19.2. The van der Waals surface area contributed by atoms with E-state index in [1.54, 1.807) is 0 Å². The molecule has 9 heteroatoms. The first-order valence-corrected chi connectivity index (χ1v) is 15.6. The SMILES string of the molecule is CS(=O)(=O)c1cc(OCC(O)CNC2CCC(c3ccc(C(=O)N4Cc5ccccc5C4)cc3)CC2)ccc1O. The van der Waals surface area contributed by atoms with Crippen LogP contribution in [0.1, 0.15) is 58.6 Å². The summed E-state index contributed by atoms with van der Waals surface area (Å²) in [6.07, 6.45) is 4.29. The number of amides is 1. The Hall–Kier alpha value is -3.40. The lowest BCUT2D eigenvalue weighted by atomic mass is 9.81. The lowest BCUT2D eigenvalue weighted by Crippen LogP contribution is -2.39. The van der Waals surface area contributed by atoms with Gasteiger partial charge in [-0.05, 0) is 72.6 Å². The van der Waals surface area contributed by atoms with Crippen LogP contribution in [0.3, 0.4) is 0 Å². The summed E-state index contributed by atoms with van der Waals surface area (Å²) in [4.78, 5) is 14.7. The molecular weight excluding hydrogens is 528 g/mol. The van der Waals surface area contributed by atoms with Crippen molar-refractivity contribution in [3.05, 3.63) is 89.0 Å². The van der Waals surface area contributed by atoms with Crippen molar-refractivity contribution in [3.63, 3.8) is 0 Å². The maximum Gasteiger partial charge on any atom is 0.254 e. The van der Waals surface area contributed by atoms with E-state index in [9.17, 15) is 23.4 Å². The summed E-state index contributed by atoms with van der Waals surface area (Å²) in [6, 6.07) is 20.6. The molecule has 1 amide bonds. The molecule has 2 aliphatic rings. The number of hydrogen-bond donors (Lipinski definition) is 3. The van der Waals surface area contributed by atoms with Gasteiger partial charge in [-0.25, -0.2) is 8.42 Å². The van der Waals surface area contributed by atoms with Crippen LogP contribution in [0, 0.1) is 0 Å². The number of nitrogens with one attached hydrogen (secondary N) is 1. The number of aliphatic hydroxyl groups excluding tert-OH is 1. The number of rotatable bonds is 9. The average molecular weight is 565 g/mol. The third-order valence-corrected chi connectivity index (χ3v) is 9.03. The van der Waals surface area contributed by atoms with Crippen molar-refractivity contribution in [2.45, 2.75) is 61.7 Å². The summed E-state index contributed by atoms with van der Waals surface area (Å²) in [5.74, 6) is 0.464. The number of ether oxygens (including phenoxy) is 1. The fraction of sp³-hybridized carbons (Fsp3) is 0.387. The van der Waals surface area contributed by atoms with Crippen LogP contribution in [0.15, 0.2) is 71.6 Å². The van der Waals surface area contributed by atoms with Crippen LogP contribution in [-0.2, 0) is 22.9 Å². The molecule has 0 saturated heterocycles. The van der Waals surface area contributed by atoms with E-state index >= 15 is 0 Å². The van der Waals surface area contributed by atoms with Gasteiger partial charge >= 0.3 is 0 Å². The Bertz CT molecular complexity index is 1420. The number of carbonyl (C=O) groups excluding carboxylic acids is 1. The number of nitrogens with zero attached hydrogens (tertiary/aromatic N) is 1. The topological polar surface area (TPSA) is 116 Å². The molecule has 212 valence electrons. The quantitative estimate of drug-likeness (QED) is 0.360. The molecule has 5 rings (SSSR count). The van der Waals surface area contributed by atoms with Crippen molar-refractivity contribution >= 4 is 15.7 Å². The van der Waals surface area contributed by atoms with Crippen LogP contribution in [0.2, 0.25) is 0 Å². The van der Waals surface area contributed by atoms with Crippen molar-refractivity contribution in [2.75, 3.05) is 19.4 Å². The number of sulfone groups is 1. The standard InChI is InChI=1S/C31H36N2O6S/c1-40(37,38)30-16-28(14-15-29(30)35)39-20-27(34)17-32-26-12-10-22(11-13-26)21-6-8-23(9-7-21)31(36)33-18-24-4-2-3-5-25(24)19-33/h2-9,14-16,22,26-27,32,34-35H,10-13,17-20H2,1H3. The Kier molecular flexibility index (Phi) is 8.44. The van der Waals surface area contributed by atoms with Gasteiger partial charge in [0, 0.05) is 43.6 Å². The third kappa shape index (κ3) is 6.66. The van der Waals surface area contributed by atoms with Gasteiger partial charge in [0.05, 0.1) is 0 Å². The Balaban J connectivity index is 1.05. The molecule has 1 unspecified atom stereocenters. The Labute approximate surface area is 235 Å². The van der Waals surface area contributed by atoms with Gasteiger partial charge in [0.2, 0.25) is 0 Å². The molecule has 3 aromatic carbocycles. The lowest BCUT2D eigenvalue weighted by Gasteiger charge is -2.30. The van der Waals surface area contributed by atoms with E-state index in [0.717, 1.165) is 37.5 Å². The first-order valence-electron chi connectivity index (χ1n) is 13.7. The monoisotopic (exact) mass is 564 g/mol. The molecule has 1 aliphatic carbocycles. The van der Waals surface area contributed by atoms with E-state index in [0.29, 0.717) is 31.6 Å². The molecule has 0 bridgehead atoms. The zero-order valence-corrected chi connectivity index (χ0v) is 23.4. The summed E-state index contributed by atoms with van der Waals surface area (Å²) in [6.45, 7) is 1.69. The number of carbonyl (C=O) groups is 1. The molecule has 1 heterocycles. The molecule has 3 N–H and O–H groups in total. The van der Waals surface area contributed by atoms with Crippen LogP contribution >= 0.6 is 0 Å². The van der Waals surface area contributed by atoms with Gasteiger partial charge in [-0.15, -0.1) is 0 Å². The smallest absolute Gasteiger partial charge is 0.254 e. The number of phenols is 1. The maximum absolute atomic E-state index is 13.0. The molecule has 1 saturated carbocycles. The fourth-order valence-electron chi connectivity index (χ4n) is 5.62. The normalized spacial score (nSPS) is 19.7. The van der Waals surface area contributed by atoms with Crippen LogP contribution < -0.4 is 10.1 Å². The Morgan fingerprint density at radius 2 is 1.65 bits per heavy atom. The minimum Gasteiger partial charge on any atom is -0.507 e. The van der Waals surface area contributed by atoms with E-state index < -0.39 is 15.9 Å². The van der Waals surface area contributed by atoms with Crippen LogP contribution in [0.5, 0.6) is 11.5 Å². The number of phenolic OH excluding ortho intramolecular Hbond substituents is 1. The van der Waals surface area contributed by atoms with E-state index in [-0.39, 0.29) is 28.9 Å². The van der Waals surface area contributed by atoms with Gasteiger partial charge in [0.1, 0.15) is 29.1 Å². The molecule has 0 spiro atoms. The molecule has 0 radical (unpaired) electrons. The van der Waals surface area contributed by atoms with Crippen molar-refractivity contribution in [1.82, 2.24) is 10.2 Å². The average Bonchev–Trinajstić information content (AvgIpc) is 3.39. The van der Waals surface area contributed by atoms with E-state index in [1.807, 2.05) is 29.2 Å². The van der Waals surface area contributed by atoms with Crippen molar-refractivity contribution in [3.8, 4) is 11.5 Å². The second kappa shape index (κ2) is 12.0. The highest BCUT2D eigenvalue weighted by Crippen LogP contribution is 2.33. The fourth-order valence-corrected chi connectivity index (χ4v) is 6.40. The largest absolute Gasteiger partial charge is 0.507 e. The first kappa shape index (κ1) is 28.1.